The molecule has 0 aliphatic carbocycles. The van der Waals surface area contributed by atoms with E-state index in [1.165, 1.54) is 0 Å². The SMILES string of the molecule is CCOC(=O)[C@H]1CCCN(C(=O)Cc2cccc(Br)c2)C1. The van der Waals surface area contributed by atoms with E-state index >= 15 is 0 Å². The van der Waals surface area contributed by atoms with Gasteiger partial charge < -0.3 is 9.64 Å². The van der Waals surface area contributed by atoms with E-state index in [4.69, 9.17) is 4.74 Å². The zero-order valence-electron chi connectivity index (χ0n) is 12.2. The highest BCUT2D eigenvalue weighted by Crippen LogP contribution is 2.19. The van der Waals surface area contributed by atoms with E-state index in [-0.39, 0.29) is 17.8 Å². The van der Waals surface area contributed by atoms with Crippen molar-refractivity contribution < 1.29 is 14.3 Å². The summed E-state index contributed by atoms with van der Waals surface area (Å²) in [7, 11) is 0. The van der Waals surface area contributed by atoms with Crippen LogP contribution in [0.3, 0.4) is 0 Å². The minimum atomic E-state index is -0.183. The lowest BCUT2D eigenvalue weighted by molar-refractivity contribution is -0.151. The van der Waals surface area contributed by atoms with Gasteiger partial charge in [0.1, 0.15) is 0 Å². The zero-order chi connectivity index (χ0) is 15.2. The average Bonchev–Trinajstić information content (AvgIpc) is 2.47. The fourth-order valence-corrected chi connectivity index (χ4v) is 3.04. The number of likely N-dealkylation sites (tertiary alicyclic amines) is 1. The van der Waals surface area contributed by atoms with Gasteiger partial charge in [-0.25, -0.2) is 0 Å². The van der Waals surface area contributed by atoms with E-state index < -0.39 is 0 Å². The number of benzene rings is 1. The Labute approximate surface area is 133 Å². The van der Waals surface area contributed by atoms with Gasteiger partial charge in [0, 0.05) is 17.6 Å². The molecule has 1 heterocycles. The molecule has 1 saturated heterocycles. The lowest BCUT2D eigenvalue weighted by atomic mass is 9.97. The maximum atomic E-state index is 12.4. The number of hydrogen-bond donors (Lipinski definition) is 0. The fraction of sp³-hybridized carbons (Fsp3) is 0.500. The highest BCUT2D eigenvalue weighted by Gasteiger charge is 2.29. The Morgan fingerprint density at radius 1 is 1.43 bits per heavy atom. The summed E-state index contributed by atoms with van der Waals surface area (Å²) in [6.45, 7) is 3.40. The summed E-state index contributed by atoms with van der Waals surface area (Å²) in [5.74, 6) is -0.287. The van der Waals surface area contributed by atoms with Crippen molar-refractivity contribution in [2.24, 2.45) is 5.92 Å². The number of amides is 1. The number of rotatable bonds is 4. The van der Waals surface area contributed by atoms with Crippen molar-refractivity contribution in [3.05, 3.63) is 34.3 Å². The quantitative estimate of drug-likeness (QED) is 0.782. The van der Waals surface area contributed by atoms with Crippen LogP contribution in [0.15, 0.2) is 28.7 Å². The summed E-state index contributed by atoms with van der Waals surface area (Å²) in [5, 5.41) is 0. The molecule has 1 aromatic carbocycles. The molecule has 0 bridgehead atoms. The van der Waals surface area contributed by atoms with Crippen LogP contribution < -0.4 is 0 Å². The molecule has 114 valence electrons. The summed E-state index contributed by atoms with van der Waals surface area (Å²) in [6, 6.07) is 7.75. The third-order valence-electron chi connectivity index (χ3n) is 3.64. The molecule has 1 aliphatic heterocycles. The zero-order valence-corrected chi connectivity index (χ0v) is 13.8. The summed E-state index contributed by atoms with van der Waals surface area (Å²) in [6.07, 6.45) is 2.03. The van der Waals surface area contributed by atoms with E-state index in [9.17, 15) is 9.59 Å². The van der Waals surface area contributed by atoms with E-state index in [0.29, 0.717) is 19.6 Å². The number of esters is 1. The van der Waals surface area contributed by atoms with Gasteiger partial charge in [-0.15, -0.1) is 0 Å². The lowest BCUT2D eigenvalue weighted by Gasteiger charge is -2.31. The third-order valence-corrected chi connectivity index (χ3v) is 4.13. The Morgan fingerprint density at radius 3 is 2.95 bits per heavy atom. The predicted octanol–water partition coefficient (Wildman–Crippen LogP) is 2.79. The Kier molecular flexibility index (Phi) is 5.79. The molecule has 0 N–H and O–H groups in total. The first kappa shape index (κ1) is 16.0. The van der Waals surface area contributed by atoms with Crippen molar-refractivity contribution in [1.82, 2.24) is 4.90 Å². The second kappa shape index (κ2) is 7.59. The maximum Gasteiger partial charge on any atom is 0.310 e. The number of carbonyl (C=O) groups is 2. The van der Waals surface area contributed by atoms with Crippen molar-refractivity contribution in [1.29, 1.82) is 0 Å². The van der Waals surface area contributed by atoms with E-state index in [0.717, 1.165) is 29.4 Å². The average molecular weight is 354 g/mol. The van der Waals surface area contributed by atoms with Crippen LogP contribution in [0.5, 0.6) is 0 Å². The second-order valence-corrected chi connectivity index (χ2v) is 6.15. The number of nitrogens with zero attached hydrogens (tertiary/aromatic N) is 1. The van der Waals surface area contributed by atoms with Crippen LogP contribution in [-0.2, 0) is 20.7 Å². The van der Waals surface area contributed by atoms with Gasteiger partial charge in [0.2, 0.25) is 5.91 Å². The molecule has 1 aromatic rings. The number of carbonyl (C=O) groups excluding carboxylic acids is 2. The Balaban J connectivity index is 1.94. The normalized spacial score (nSPS) is 18.4. The van der Waals surface area contributed by atoms with Crippen LogP contribution in [0.4, 0.5) is 0 Å². The number of hydrogen-bond acceptors (Lipinski definition) is 3. The topological polar surface area (TPSA) is 46.6 Å². The maximum absolute atomic E-state index is 12.4. The summed E-state index contributed by atoms with van der Waals surface area (Å²) in [5.41, 5.74) is 0.979. The summed E-state index contributed by atoms with van der Waals surface area (Å²) >= 11 is 3.41. The third kappa shape index (κ3) is 4.56. The number of ether oxygens (including phenoxy) is 1. The van der Waals surface area contributed by atoms with Crippen molar-refractivity contribution in [3.63, 3.8) is 0 Å². The van der Waals surface area contributed by atoms with Crippen molar-refractivity contribution in [2.75, 3.05) is 19.7 Å². The van der Waals surface area contributed by atoms with Gasteiger partial charge in [-0.2, -0.15) is 0 Å². The summed E-state index contributed by atoms with van der Waals surface area (Å²) in [4.78, 5) is 25.9. The first-order valence-corrected chi connectivity index (χ1v) is 8.08. The predicted molar refractivity (Wildman–Crippen MR) is 83.8 cm³/mol. The molecule has 0 radical (unpaired) electrons. The van der Waals surface area contributed by atoms with Crippen molar-refractivity contribution in [3.8, 4) is 0 Å². The smallest absolute Gasteiger partial charge is 0.310 e. The Morgan fingerprint density at radius 2 is 2.24 bits per heavy atom. The molecular weight excluding hydrogens is 334 g/mol. The van der Waals surface area contributed by atoms with Crippen LogP contribution in [0, 0.1) is 5.92 Å². The molecule has 5 heteroatoms. The van der Waals surface area contributed by atoms with E-state index in [2.05, 4.69) is 15.9 Å². The van der Waals surface area contributed by atoms with Gasteiger partial charge >= 0.3 is 5.97 Å². The lowest BCUT2D eigenvalue weighted by Crippen LogP contribution is -2.43. The van der Waals surface area contributed by atoms with Crippen molar-refractivity contribution in [2.45, 2.75) is 26.2 Å². The van der Waals surface area contributed by atoms with Gasteiger partial charge in [0.25, 0.3) is 0 Å². The molecule has 1 fully saturated rings. The Hall–Kier alpha value is -1.36. The second-order valence-electron chi connectivity index (χ2n) is 5.24. The molecule has 1 atom stereocenters. The molecular formula is C16H20BrNO3. The van der Waals surface area contributed by atoms with E-state index in [1.807, 2.05) is 24.3 Å². The first-order chi connectivity index (χ1) is 10.1. The van der Waals surface area contributed by atoms with Crippen LogP contribution in [-0.4, -0.2) is 36.5 Å². The first-order valence-electron chi connectivity index (χ1n) is 7.29. The van der Waals surface area contributed by atoms with Gasteiger partial charge in [-0.05, 0) is 37.5 Å². The van der Waals surface area contributed by atoms with Gasteiger partial charge in [-0.3, -0.25) is 9.59 Å². The molecule has 0 spiro atoms. The largest absolute Gasteiger partial charge is 0.466 e. The fourth-order valence-electron chi connectivity index (χ4n) is 2.59. The molecule has 0 aromatic heterocycles. The molecule has 0 saturated carbocycles. The van der Waals surface area contributed by atoms with Crippen molar-refractivity contribution >= 4 is 27.8 Å². The number of piperidine rings is 1. The van der Waals surface area contributed by atoms with Gasteiger partial charge in [-0.1, -0.05) is 28.1 Å². The standard InChI is InChI=1S/C16H20BrNO3/c1-2-21-16(20)13-6-4-8-18(11-13)15(19)10-12-5-3-7-14(17)9-12/h3,5,7,9,13H,2,4,6,8,10-11H2,1H3/t13-/m0/s1. The molecule has 1 aliphatic rings. The minimum Gasteiger partial charge on any atom is -0.466 e. The highest BCUT2D eigenvalue weighted by atomic mass is 79.9. The molecule has 1 amide bonds. The van der Waals surface area contributed by atoms with Gasteiger partial charge in [0.05, 0.1) is 18.9 Å². The molecule has 21 heavy (non-hydrogen) atoms. The van der Waals surface area contributed by atoms with E-state index in [1.54, 1.807) is 11.8 Å². The molecule has 0 unspecified atom stereocenters. The minimum absolute atomic E-state index is 0.0714. The monoisotopic (exact) mass is 353 g/mol. The molecule has 2 rings (SSSR count). The number of halogens is 1. The van der Waals surface area contributed by atoms with Crippen LogP contribution in [0.1, 0.15) is 25.3 Å². The Bertz CT molecular complexity index is 518. The van der Waals surface area contributed by atoms with Crippen LogP contribution in [0.25, 0.3) is 0 Å². The van der Waals surface area contributed by atoms with Crippen LogP contribution in [0.2, 0.25) is 0 Å². The van der Waals surface area contributed by atoms with Gasteiger partial charge in [0.15, 0.2) is 0 Å². The summed E-state index contributed by atoms with van der Waals surface area (Å²) < 4.78 is 6.03. The highest BCUT2D eigenvalue weighted by molar-refractivity contribution is 9.10. The molecule has 4 nitrogen and oxygen atoms in total. The van der Waals surface area contributed by atoms with Crippen LogP contribution >= 0.6 is 15.9 Å².